The van der Waals surface area contributed by atoms with Crippen LogP contribution in [0.15, 0.2) is 42.5 Å². The molecule has 0 amide bonds. The van der Waals surface area contributed by atoms with Gasteiger partial charge in [-0.25, -0.2) is 4.39 Å². The van der Waals surface area contributed by atoms with E-state index in [0.717, 1.165) is 5.56 Å². The van der Waals surface area contributed by atoms with Gasteiger partial charge in [-0.1, -0.05) is 56.6 Å². The number of benzene rings is 2. The first-order chi connectivity index (χ1) is 9.77. The van der Waals surface area contributed by atoms with Gasteiger partial charge in [0.25, 0.3) is 0 Å². The number of halogens is 2. The summed E-state index contributed by atoms with van der Waals surface area (Å²) < 4.78 is 13.2. The Morgan fingerprint density at radius 1 is 1.10 bits per heavy atom. The van der Waals surface area contributed by atoms with Gasteiger partial charge in [-0.05, 0) is 40.3 Å². The number of hydrogen-bond acceptors (Lipinski definition) is 1. The Bertz CT molecular complexity index is 614. The SMILES string of the molecule is CC(C)(C)c1ccc(C(O)Cc2cc(F)ccc2Cl)cc1. The first-order valence-electron chi connectivity index (χ1n) is 7.00. The minimum atomic E-state index is -0.696. The molecule has 0 saturated heterocycles. The van der Waals surface area contributed by atoms with Crippen molar-refractivity contribution in [1.29, 1.82) is 0 Å². The second-order valence-electron chi connectivity index (χ2n) is 6.33. The molecule has 0 aromatic heterocycles. The van der Waals surface area contributed by atoms with Crippen molar-refractivity contribution >= 4 is 11.6 Å². The number of rotatable bonds is 3. The topological polar surface area (TPSA) is 20.2 Å². The van der Waals surface area contributed by atoms with E-state index in [0.29, 0.717) is 17.0 Å². The van der Waals surface area contributed by atoms with Gasteiger partial charge in [0.2, 0.25) is 0 Å². The van der Waals surface area contributed by atoms with Crippen molar-refractivity contribution in [3.05, 3.63) is 70.0 Å². The maximum atomic E-state index is 13.2. The Morgan fingerprint density at radius 2 is 1.71 bits per heavy atom. The standard InChI is InChI=1S/C18H20ClFO/c1-18(2,3)14-6-4-12(5-7-14)17(21)11-13-10-15(20)8-9-16(13)19/h4-10,17,21H,11H2,1-3H3. The molecule has 1 N–H and O–H groups in total. The summed E-state index contributed by atoms with van der Waals surface area (Å²) in [5.41, 5.74) is 2.71. The van der Waals surface area contributed by atoms with Gasteiger partial charge in [-0.2, -0.15) is 0 Å². The fourth-order valence-corrected chi connectivity index (χ4v) is 2.43. The third kappa shape index (κ3) is 4.05. The van der Waals surface area contributed by atoms with Crippen LogP contribution in [0.5, 0.6) is 0 Å². The molecule has 2 aromatic carbocycles. The minimum Gasteiger partial charge on any atom is -0.388 e. The van der Waals surface area contributed by atoms with E-state index in [1.807, 2.05) is 24.3 Å². The predicted octanol–water partition coefficient (Wildman–Crippen LogP) is 5.05. The number of hydrogen-bond donors (Lipinski definition) is 1. The average molecular weight is 307 g/mol. The maximum Gasteiger partial charge on any atom is 0.123 e. The van der Waals surface area contributed by atoms with Gasteiger partial charge in [0.05, 0.1) is 6.10 Å². The highest BCUT2D eigenvalue weighted by Gasteiger charge is 2.15. The monoisotopic (exact) mass is 306 g/mol. The van der Waals surface area contributed by atoms with Crippen molar-refractivity contribution in [2.24, 2.45) is 0 Å². The van der Waals surface area contributed by atoms with E-state index in [2.05, 4.69) is 20.8 Å². The lowest BCUT2D eigenvalue weighted by molar-refractivity contribution is 0.178. The predicted molar refractivity (Wildman–Crippen MR) is 85.2 cm³/mol. The summed E-state index contributed by atoms with van der Waals surface area (Å²) in [6, 6.07) is 12.1. The van der Waals surface area contributed by atoms with E-state index < -0.39 is 6.10 Å². The maximum absolute atomic E-state index is 13.2. The van der Waals surface area contributed by atoms with Gasteiger partial charge in [0.1, 0.15) is 5.82 Å². The van der Waals surface area contributed by atoms with E-state index in [1.54, 1.807) is 0 Å². The summed E-state index contributed by atoms with van der Waals surface area (Å²) in [4.78, 5) is 0. The van der Waals surface area contributed by atoms with E-state index in [-0.39, 0.29) is 11.2 Å². The van der Waals surface area contributed by atoms with Crippen molar-refractivity contribution in [3.8, 4) is 0 Å². The Labute approximate surface area is 130 Å². The van der Waals surface area contributed by atoms with Crippen molar-refractivity contribution in [1.82, 2.24) is 0 Å². The molecule has 1 atom stereocenters. The first kappa shape index (κ1) is 16.0. The Kier molecular flexibility index (Phi) is 4.70. The zero-order valence-corrected chi connectivity index (χ0v) is 13.3. The summed E-state index contributed by atoms with van der Waals surface area (Å²) in [5.74, 6) is -0.343. The Balaban J connectivity index is 2.17. The normalized spacial score (nSPS) is 13.2. The summed E-state index contributed by atoms with van der Waals surface area (Å²) in [6.45, 7) is 6.43. The van der Waals surface area contributed by atoms with E-state index in [4.69, 9.17) is 11.6 Å². The van der Waals surface area contributed by atoms with Crippen LogP contribution in [0.1, 0.15) is 43.6 Å². The molecule has 0 aliphatic rings. The van der Waals surface area contributed by atoms with Crippen LogP contribution >= 0.6 is 11.6 Å². The van der Waals surface area contributed by atoms with Crippen molar-refractivity contribution < 1.29 is 9.50 Å². The smallest absolute Gasteiger partial charge is 0.123 e. The van der Waals surface area contributed by atoms with Crippen LogP contribution in [-0.2, 0) is 11.8 Å². The van der Waals surface area contributed by atoms with Crippen molar-refractivity contribution in [2.75, 3.05) is 0 Å². The average Bonchev–Trinajstić information content (AvgIpc) is 2.42. The molecule has 0 spiro atoms. The van der Waals surface area contributed by atoms with Gasteiger partial charge < -0.3 is 5.11 Å². The number of aliphatic hydroxyl groups excluding tert-OH is 1. The molecule has 0 aliphatic heterocycles. The zero-order chi connectivity index (χ0) is 15.6. The molecular weight excluding hydrogens is 287 g/mol. The molecule has 21 heavy (non-hydrogen) atoms. The molecule has 2 rings (SSSR count). The third-order valence-electron chi connectivity index (χ3n) is 3.58. The molecule has 0 heterocycles. The molecule has 1 nitrogen and oxygen atoms in total. The van der Waals surface area contributed by atoms with Crippen molar-refractivity contribution in [2.45, 2.75) is 38.7 Å². The van der Waals surface area contributed by atoms with Crippen LogP contribution in [-0.4, -0.2) is 5.11 Å². The zero-order valence-electron chi connectivity index (χ0n) is 12.5. The minimum absolute atomic E-state index is 0.0787. The molecule has 0 aliphatic carbocycles. The Hall–Kier alpha value is -1.38. The summed E-state index contributed by atoms with van der Waals surface area (Å²) in [7, 11) is 0. The highest BCUT2D eigenvalue weighted by atomic mass is 35.5. The lowest BCUT2D eigenvalue weighted by atomic mass is 9.86. The van der Waals surface area contributed by atoms with Gasteiger partial charge in [0.15, 0.2) is 0 Å². The molecular formula is C18H20ClFO. The second kappa shape index (κ2) is 6.17. The highest BCUT2D eigenvalue weighted by molar-refractivity contribution is 6.31. The van der Waals surface area contributed by atoms with E-state index >= 15 is 0 Å². The van der Waals surface area contributed by atoms with E-state index in [9.17, 15) is 9.50 Å². The van der Waals surface area contributed by atoms with Crippen LogP contribution in [0.3, 0.4) is 0 Å². The van der Waals surface area contributed by atoms with Crippen LogP contribution in [0.2, 0.25) is 5.02 Å². The summed E-state index contributed by atoms with van der Waals surface area (Å²) in [6.07, 6.45) is -0.399. The van der Waals surface area contributed by atoms with Gasteiger partial charge >= 0.3 is 0 Å². The largest absolute Gasteiger partial charge is 0.388 e. The lowest BCUT2D eigenvalue weighted by Crippen LogP contribution is -2.11. The van der Waals surface area contributed by atoms with Gasteiger partial charge in [0, 0.05) is 11.4 Å². The summed E-state index contributed by atoms with van der Waals surface area (Å²) >= 11 is 6.04. The van der Waals surface area contributed by atoms with Crippen LogP contribution in [0.4, 0.5) is 4.39 Å². The van der Waals surface area contributed by atoms with Crippen LogP contribution in [0.25, 0.3) is 0 Å². The number of aliphatic hydroxyl groups is 1. The molecule has 1 unspecified atom stereocenters. The fraction of sp³-hybridized carbons (Fsp3) is 0.333. The van der Waals surface area contributed by atoms with Crippen molar-refractivity contribution in [3.63, 3.8) is 0 Å². The fourth-order valence-electron chi connectivity index (χ4n) is 2.23. The molecule has 112 valence electrons. The van der Waals surface area contributed by atoms with E-state index in [1.165, 1.54) is 23.8 Å². The Morgan fingerprint density at radius 3 is 2.29 bits per heavy atom. The molecule has 0 bridgehead atoms. The third-order valence-corrected chi connectivity index (χ3v) is 3.95. The molecule has 0 saturated carbocycles. The summed E-state index contributed by atoms with van der Waals surface area (Å²) in [5, 5.41) is 10.8. The highest BCUT2D eigenvalue weighted by Crippen LogP contribution is 2.27. The van der Waals surface area contributed by atoms with Gasteiger partial charge in [-0.15, -0.1) is 0 Å². The van der Waals surface area contributed by atoms with Crippen LogP contribution < -0.4 is 0 Å². The quantitative estimate of drug-likeness (QED) is 0.841. The van der Waals surface area contributed by atoms with Gasteiger partial charge in [-0.3, -0.25) is 0 Å². The molecule has 0 radical (unpaired) electrons. The molecule has 2 aromatic rings. The lowest BCUT2D eigenvalue weighted by Gasteiger charge is -2.20. The molecule has 3 heteroatoms. The van der Waals surface area contributed by atoms with Crippen LogP contribution in [0, 0.1) is 5.82 Å². The molecule has 0 fully saturated rings. The first-order valence-corrected chi connectivity index (χ1v) is 7.37. The second-order valence-corrected chi connectivity index (χ2v) is 6.73.